The van der Waals surface area contributed by atoms with Crippen molar-refractivity contribution in [3.05, 3.63) is 52.8 Å². The molecule has 0 radical (unpaired) electrons. The average molecular weight is 281 g/mol. The zero-order chi connectivity index (χ0) is 14.0. The van der Waals surface area contributed by atoms with Crippen LogP contribution >= 0.6 is 11.6 Å². The first-order valence-electron chi connectivity index (χ1n) is 5.31. The fourth-order valence-electron chi connectivity index (χ4n) is 1.57. The van der Waals surface area contributed by atoms with Gasteiger partial charge in [-0.2, -0.15) is 0 Å². The standard InChI is InChI=1S/C13H10ClFN2O2/c14-7-3-1-5-9(16)12(7)19-10-6-2-4-8(15)11(10)13(17)18/h1-6H,16H2,(H2,17,18). The summed E-state index contributed by atoms with van der Waals surface area (Å²) >= 11 is 5.94. The first kappa shape index (κ1) is 13.2. The van der Waals surface area contributed by atoms with Crippen molar-refractivity contribution < 1.29 is 13.9 Å². The summed E-state index contributed by atoms with van der Waals surface area (Å²) in [6.45, 7) is 0. The van der Waals surface area contributed by atoms with Gasteiger partial charge in [0.25, 0.3) is 5.91 Å². The van der Waals surface area contributed by atoms with Crippen LogP contribution in [0.1, 0.15) is 10.4 Å². The lowest BCUT2D eigenvalue weighted by molar-refractivity contribution is 0.0994. The van der Waals surface area contributed by atoms with Crippen LogP contribution in [0.3, 0.4) is 0 Å². The number of benzene rings is 2. The Morgan fingerprint density at radius 2 is 1.89 bits per heavy atom. The van der Waals surface area contributed by atoms with Crippen LogP contribution < -0.4 is 16.2 Å². The fourth-order valence-corrected chi connectivity index (χ4v) is 1.79. The van der Waals surface area contributed by atoms with Crippen LogP contribution in [-0.2, 0) is 0 Å². The molecular weight excluding hydrogens is 271 g/mol. The van der Waals surface area contributed by atoms with Crippen molar-refractivity contribution in [1.82, 2.24) is 0 Å². The number of carbonyl (C=O) groups is 1. The lowest BCUT2D eigenvalue weighted by Crippen LogP contribution is -2.14. The molecule has 19 heavy (non-hydrogen) atoms. The van der Waals surface area contributed by atoms with Crippen LogP contribution in [0.25, 0.3) is 0 Å². The van der Waals surface area contributed by atoms with E-state index in [1.54, 1.807) is 18.2 Å². The number of nitrogen functional groups attached to an aromatic ring is 1. The number of nitrogens with two attached hydrogens (primary N) is 2. The normalized spacial score (nSPS) is 10.2. The number of anilines is 1. The molecule has 0 heterocycles. The maximum Gasteiger partial charge on any atom is 0.255 e. The van der Waals surface area contributed by atoms with Crippen LogP contribution in [0.5, 0.6) is 11.5 Å². The summed E-state index contributed by atoms with van der Waals surface area (Å²) in [6.07, 6.45) is 0. The summed E-state index contributed by atoms with van der Waals surface area (Å²) in [5.41, 5.74) is 10.8. The molecule has 0 aliphatic rings. The number of para-hydroxylation sites is 1. The predicted octanol–water partition coefficient (Wildman–Crippen LogP) is 2.95. The van der Waals surface area contributed by atoms with E-state index in [4.69, 9.17) is 27.8 Å². The molecule has 0 saturated heterocycles. The predicted molar refractivity (Wildman–Crippen MR) is 70.9 cm³/mol. The summed E-state index contributed by atoms with van der Waals surface area (Å²) in [5.74, 6) is -1.58. The van der Waals surface area contributed by atoms with E-state index in [0.29, 0.717) is 0 Å². The fraction of sp³-hybridized carbons (Fsp3) is 0. The van der Waals surface area contributed by atoms with E-state index >= 15 is 0 Å². The highest BCUT2D eigenvalue weighted by molar-refractivity contribution is 6.32. The van der Waals surface area contributed by atoms with Gasteiger partial charge in [0.15, 0.2) is 5.75 Å². The third-order valence-electron chi connectivity index (χ3n) is 2.43. The molecule has 4 N–H and O–H groups in total. The Labute approximate surface area is 113 Å². The topological polar surface area (TPSA) is 78.3 Å². The minimum Gasteiger partial charge on any atom is -0.453 e. The van der Waals surface area contributed by atoms with Gasteiger partial charge in [0, 0.05) is 0 Å². The Hall–Kier alpha value is -2.27. The number of rotatable bonds is 3. The first-order chi connectivity index (χ1) is 9.00. The molecule has 2 rings (SSSR count). The van der Waals surface area contributed by atoms with Crippen LogP contribution in [0.2, 0.25) is 5.02 Å². The largest absolute Gasteiger partial charge is 0.453 e. The highest BCUT2D eigenvalue weighted by atomic mass is 35.5. The van der Waals surface area contributed by atoms with Gasteiger partial charge >= 0.3 is 0 Å². The molecule has 0 spiro atoms. The third kappa shape index (κ3) is 2.61. The van der Waals surface area contributed by atoms with Crippen molar-refractivity contribution >= 4 is 23.2 Å². The monoisotopic (exact) mass is 280 g/mol. The highest BCUT2D eigenvalue weighted by Gasteiger charge is 2.17. The molecule has 0 aromatic heterocycles. The van der Waals surface area contributed by atoms with E-state index < -0.39 is 11.7 Å². The Morgan fingerprint density at radius 1 is 1.21 bits per heavy atom. The van der Waals surface area contributed by atoms with Gasteiger partial charge in [0.05, 0.1) is 10.7 Å². The second-order valence-corrected chi connectivity index (χ2v) is 4.14. The van der Waals surface area contributed by atoms with Crippen LogP contribution in [0.15, 0.2) is 36.4 Å². The van der Waals surface area contributed by atoms with E-state index in [9.17, 15) is 9.18 Å². The number of ether oxygens (including phenoxy) is 1. The zero-order valence-corrected chi connectivity index (χ0v) is 10.4. The highest BCUT2D eigenvalue weighted by Crippen LogP contribution is 2.36. The van der Waals surface area contributed by atoms with E-state index in [1.165, 1.54) is 12.1 Å². The molecule has 1 amide bonds. The van der Waals surface area contributed by atoms with Crippen LogP contribution in [-0.4, -0.2) is 5.91 Å². The lowest BCUT2D eigenvalue weighted by Gasteiger charge is -2.12. The number of amides is 1. The minimum absolute atomic E-state index is 0.0349. The molecule has 0 atom stereocenters. The van der Waals surface area contributed by atoms with Crippen LogP contribution in [0.4, 0.5) is 10.1 Å². The lowest BCUT2D eigenvalue weighted by atomic mass is 10.1. The van der Waals surface area contributed by atoms with Gasteiger partial charge in [-0.25, -0.2) is 4.39 Å². The Morgan fingerprint density at radius 3 is 2.53 bits per heavy atom. The summed E-state index contributed by atoms with van der Waals surface area (Å²) in [5, 5.41) is 0.250. The molecule has 4 nitrogen and oxygen atoms in total. The third-order valence-corrected chi connectivity index (χ3v) is 2.73. The van der Waals surface area contributed by atoms with Crippen molar-refractivity contribution in [3.8, 4) is 11.5 Å². The zero-order valence-electron chi connectivity index (χ0n) is 9.69. The molecular formula is C13H10ClFN2O2. The molecule has 2 aromatic carbocycles. The van der Waals surface area contributed by atoms with Gasteiger partial charge in [0.1, 0.15) is 17.1 Å². The van der Waals surface area contributed by atoms with E-state index in [1.807, 2.05) is 0 Å². The Balaban J connectivity index is 2.50. The molecule has 0 fully saturated rings. The quantitative estimate of drug-likeness (QED) is 0.849. The summed E-state index contributed by atoms with van der Waals surface area (Å²) in [7, 11) is 0. The minimum atomic E-state index is -0.932. The Kier molecular flexibility index (Phi) is 3.57. The molecule has 6 heteroatoms. The number of hydrogen-bond acceptors (Lipinski definition) is 3. The number of primary amides is 1. The van der Waals surface area contributed by atoms with Crippen molar-refractivity contribution in [3.63, 3.8) is 0 Å². The van der Waals surface area contributed by atoms with Crippen molar-refractivity contribution in [1.29, 1.82) is 0 Å². The molecule has 0 bridgehead atoms. The molecule has 0 aliphatic carbocycles. The van der Waals surface area contributed by atoms with E-state index in [0.717, 1.165) is 6.07 Å². The molecule has 0 aliphatic heterocycles. The van der Waals surface area contributed by atoms with E-state index in [2.05, 4.69) is 0 Å². The van der Waals surface area contributed by atoms with E-state index in [-0.39, 0.29) is 27.8 Å². The SMILES string of the molecule is NC(=O)c1c(F)cccc1Oc1c(N)cccc1Cl. The maximum atomic E-state index is 13.6. The van der Waals surface area contributed by atoms with Gasteiger partial charge in [-0.05, 0) is 24.3 Å². The van der Waals surface area contributed by atoms with Crippen molar-refractivity contribution in [2.24, 2.45) is 5.73 Å². The Bertz CT molecular complexity index is 626. The number of hydrogen-bond donors (Lipinski definition) is 2. The molecule has 2 aromatic rings. The van der Waals surface area contributed by atoms with Gasteiger partial charge < -0.3 is 16.2 Å². The number of halogens is 2. The molecule has 98 valence electrons. The van der Waals surface area contributed by atoms with Crippen molar-refractivity contribution in [2.75, 3.05) is 5.73 Å². The second kappa shape index (κ2) is 5.16. The first-order valence-corrected chi connectivity index (χ1v) is 5.68. The average Bonchev–Trinajstić information content (AvgIpc) is 2.33. The van der Waals surface area contributed by atoms with Gasteiger partial charge in [-0.3, -0.25) is 4.79 Å². The molecule has 0 saturated carbocycles. The van der Waals surface area contributed by atoms with Gasteiger partial charge in [-0.1, -0.05) is 23.7 Å². The molecule has 0 unspecified atom stereocenters. The summed E-state index contributed by atoms with van der Waals surface area (Å²) in [6, 6.07) is 8.70. The van der Waals surface area contributed by atoms with Crippen LogP contribution in [0, 0.1) is 5.82 Å². The smallest absolute Gasteiger partial charge is 0.255 e. The number of carbonyl (C=O) groups excluding carboxylic acids is 1. The van der Waals surface area contributed by atoms with Gasteiger partial charge in [0.2, 0.25) is 0 Å². The maximum absolute atomic E-state index is 13.6. The second-order valence-electron chi connectivity index (χ2n) is 3.74. The van der Waals surface area contributed by atoms with Crippen molar-refractivity contribution in [2.45, 2.75) is 0 Å². The summed E-state index contributed by atoms with van der Waals surface area (Å²) < 4.78 is 19.0. The summed E-state index contributed by atoms with van der Waals surface area (Å²) in [4.78, 5) is 11.2. The van der Waals surface area contributed by atoms with Gasteiger partial charge in [-0.15, -0.1) is 0 Å².